The van der Waals surface area contributed by atoms with Crippen molar-refractivity contribution >= 4 is 16.8 Å². The molecule has 0 amide bonds. The monoisotopic (exact) mass is 248 g/mol. The van der Waals surface area contributed by atoms with E-state index in [1.807, 2.05) is 0 Å². The van der Waals surface area contributed by atoms with Gasteiger partial charge in [-0.15, -0.1) is 0 Å². The van der Waals surface area contributed by atoms with Gasteiger partial charge < -0.3 is 0 Å². The van der Waals surface area contributed by atoms with Crippen molar-refractivity contribution in [1.29, 1.82) is 0 Å². The molecule has 1 aromatic rings. The molecule has 0 fully saturated rings. The molecule has 0 N–H and O–H groups in total. The molecule has 1 rings (SSSR count). The van der Waals surface area contributed by atoms with Crippen molar-refractivity contribution in [3.63, 3.8) is 0 Å². The number of halogens is 6. The number of alkyl halides is 5. The number of carbonyl (C=O) groups is 1. The normalized spacial score (nSPS) is 12.9. The van der Waals surface area contributed by atoms with Gasteiger partial charge in [0.25, 0.3) is 5.24 Å². The van der Waals surface area contributed by atoms with Crippen LogP contribution < -0.4 is 0 Å². The summed E-state index contributed by atoms with van der Waals surface area (Å²) in [4.78, 5) is 10.4. The lowest BCUT2D eigenvalue weighted by Crippen LogP contribution is -2.39. The van der Waals surface area contributed by atoms with E-state index in [1.165, 1.54) is 0 Å². The molecule has 1 aromatic heterocycles. The molecule has 1 heterocycles. The molecule has 0 spiro atoms. The molecule has 0 bridgehead atoms. The minimum atomic E-state index is -5.79. The summed E-state index contributed by atoms with van der Waals surface area (Å²) in [6.07, 6.45) is -5.04. The van der Waals surface area contributed by atoms with Gasteiger partial charge in [0.05, 0.1) is 11.8 Å². The fourth-order valence-corrected chi connectivity index (χ4v) is 0.805. The molecule has 0 unspecified atom stereocenters. The number of rotatable bonds is 2. The fourth-order valence-electron chi connectivity index (χ4n) is 0.708. The first-order valence-electron chi connectivity index (χ1n) is 3.36. The maximum atomic E-state index is 12.6. The van der Waals surface area contributed by atoms with E-state index < -0.39 is 27.7 Å². The van der Waals surface area contributed by atoms with Crippen LogP contribution in [0.3, 0.4) is 0 Å². The van der Waals surface area contributed by atoms with Crippen molar-refractivity contribution < 1.29 is 26.7 Å². The summed E-state index contributed by atoms with van der Waals surface area (Å²) in [6, 6.07) is -5.17. The Morgan fingerprint density at radius 3 is 2.20 bits per heavy atom. The molecule has 0 atom stereocenters. The molecule has 0 aliphatic rings. The summed E-state index contributed by atoms with van der Waals surface area (Å²) >= 11 is 4.86. The van der Waals surface area contributed by atoms with E-state index >= 15 is 0 Å². The molecule has 0 saturated carbocycles. The Labute approximate surface area is 84.4 Å². The van der Waals surface area contributed by atoms with E-state index in [4.69, 9.17) is 11.6 Å². The summed E-state index contributed by atoms with van der Waals surface area (Å²) in [5, 5.41) is 1.55. The first kappa shape index (κ1) is 11.9. The van der Waals surface area contributed by atoms with Crippen LogP contribution in [0.5, 0.6) is 0 Å². The Balaban J connectivity index is 3.11. The van der Waals surface area contributed by atoms with Crippen LogP contribution in [-0.2, 0) is 6.05 Å². The third-order valence-electron chi connectivity index (χ3n) is 1.44. The van der Waals surface area contributed by atoms with Crippen molar-refractivity contribution in [2.75, 3.05) is 0 Å². The number of nitrogens with zero attached hydrogens (tertiary/aromatic N) is 2. The highest BCUT2D eigenvalue weighted by atomic mass is 35.5. The van der Waals surface area contributed by atoms with Crippen molar-refractivity contribution in [2.45, 2.75) is 12.2 Å². The van der Waals surface area contributed by atoms with Crippen molar-refractivity contribution in [3.8, 4) is 0 Å². The van der Waals surface area contributed by atoms with Gasteiger partial charge in [-0.2, -0.15) is 27.1 Å². The van der Waals surface area contributed by atoms with Gasteiger partial charge in [0.15, 0.2) is 0 Å². The highest BCUT2D eigenvalue weighted by Crippen LogP contribution is 2.39. The van der Waals surface area contributed by atoms with Crippen LogP contribution in [0, 0.1) is 0 Å². The Hall–Kier alpha value is -1.18. The minimum Gasteiger partial charge on any atom is -0.275 e. The molecular formula is C6H2ClF5N2O. The van der Waals surface area contributed by atoms with Gasteiger partial charge in [-0.25, -0.2) is 4.68 Å². The van der Waals surface area contributed by atoms with Crippen LogP contribution in [0.4, 0.5) is 22.0 Å². The SMILES string of the molecule is O=C(Cl)c1cnn(C(F)(F)C(F)(F)F)c1. The Morgan fingerprint density at radius 2 is 1.87 bits per heavy atom. The second kappa shape index (κ2) is 3.44. The topological polar surface area (TPSA) is 34.9 Å². The highest BCUT2D eigenvalue weighted by Gasteiger charge is 2.60. The van der Waals surface area contributed by atoms with Crippen molar-refractivity contribution in [3.05, 3.63) is 18.0 Å². The molecule has 9 heteroatoms. The third kappa shape index (κ3) is 2.09. The average molecular weight is 249 g/mol. The molecule has 15 heavy (non-hydrogen) atoms. The standard InChI is InChI=1S/C6H2ClF5N2O/c7-4(15)3-1-13-14(2-3)6(11,12)5(8,9)10/h1-2H. The van der Waals surface area contributed by atoms with Crippen LogP contribution in [-0.4, -0.2) is 21.2 Å². The molecule has 84 valence electrons. The Morgan fingerprint density at radius 1 is 1.33 bits per heavy atom. The lowest BCUT2D eigenvalue weighted by atomic mass is 10.4. The summed E-state index contributed by atoms with van der Waals surface area (Å²) in [5.74, 6) is 0. The van der Waals surface area contributed by atoms with E-state index in [0.29, 0.717) is 6.20 Å². The molecule has 0 aliphatic heterocycles. The Kier molecular flexibility index (Phi) is 2.73. The van der Waals surface area contributed by atoms with Gasteiger partial charge in [0, 0.05) is 6.20 Å². The first-order valence-corrected chi connectivity index (χ1v) is 3.73. The zero-order valence-corrected chi connectivity index (χ0v) is 7.48. The largest absolute Gasteiger partial charge is 0.477 e. The van der Waals surface area contributed by atoms with Crippen LogP contribution in [0.15, 0.2) is 12.4 Å². The van der Waals surface area contributed by atoms with Crippen LogP contribution >= 0.6 is 11.6 Å². The summed E-state index contributed by atoms with van der Waals surface area (Å²) in [5.41, 5.74) is -0.541. The zero-order chi connectivity index (χ0) is 11.9. The van der Waals surface area contributed by atoms with E-state index in [9.17, 15) is 26.7 Å². The van der Waals surface area contributed by atoms with Crippen molar-refractivity contribution in [2.24, 2.45) is 0 Å². The molecular weight excluding hydrogens is 247 g/mol. The lowest BCUT2D eigenvalue weighted by Gasteiger charge is -2.18. The molecule has 0 aliphatic carbocycles. The number of carbonyl (C=O) groups excluding carboxylic acids is 1. The lowest BCUT2D eigenvalue weighted by molar-refractivity contribution is -0.328. The van der Waals surface area contributed by atoms with E-state index in [2.05, 4.69) is 5.10 Å². The first-order chi connectivity index (χ1) is 6.66. The predicted molar refractivity (Wildman–Crippen MR) is 38.7 cm³/mol. The maximum absolute atomic E-state index is 12.6. The average Bonchev–Trinajstić information content (AvgIpc) is 2.49. The van der Waals surface area contributed by atoms with Gasteiger partial charge in [0.1, 0.15) is 0 Å². The quantitative estimate of drug-likeness (QED) is 0.595. The number of aromatic nitrogens is 2. The minimum absolute atomic E-state index is 0.225. The van der Waals surface area contributed by atoms with Gasteiger partial charge >= 0.3 is 12.2 Å². The molecule has 0 saturated heterocycles. The fraction of sp³-hybridized carbons (Fsp3) is 0.333. The Bertz CT molecular complexity index is 385. The molecule has 3 nitrogen and oxygen atoms in total. The number of hydrogen-bond acceptors (Lipinski definition) is 2. The van der Waals surface area contributed by atoms with Gasteiger partial charge in [0.2, 0.25) is 0 Å². The predicted octanol–water partition coefficient (Wildman–Crippen LogP) is 2.37. The second-order valence-electron chi connectivity index (χ2n) is 2.49. The maximum Gasteiger partial charge on any atom is 0.477 e. The van der Waals surface area contributed by atoms with E-state index in [1.54, 1.807) is 0 Å². The van der Waals surface area contributed by atoms with Crippen LogP contribution in [0.1, 0.15) is 10.4 Å². The van der Waals surface area contributed by atoms with Crippen LogP contribution in [0.25, 0.3) is 0 Å². The van der Waals surface area contributed by atoms with Crippen LogP contribution in [0.2, 0.25) is 0 Å². The second-order valence-corrected chi connectivity index (χ2v) is 2.83. The van der Waals surface area contributed by atoms with E-state index in [-0.39, 0.29) is 6.20 Å². The van der Waals surface area contributed by atoms with E-state index in [0.717, 1.165) is 0 Å². The van der Waals surface area contributed by atoms with Gasteiger partial charge in [-0.05, 0) is 11.6 Å². The van der Waals surface area contributed by atoms with Gasteiger partial charge in [-0.3, -0.25) is 4.79 Å². The zero-order valence-electron chi connectivity index (χ0n) is 6.73. The third-order valence-corrected chi connectivity index (χ3v) is 1.66. The summed E-state index contributed by atoms with van der Waals surface area (Å²) in [6.45, 7) is 0. The smallest absolute Gasteiger partial charge is 0.275 e. The number of hydrogen-bond donors (Lipinski definition) is 0. The van der Waals surface area contributed by atoms with Gasteiger partial charge in [-0.1, -0.05) is 0 Å². The molecule has 0 aromatic carbocycles. The highest BCUT2D eigenvalue weighted by molar-refractivity contribution is 6.67. The van der Waals surface area contributed by atoms with Crippen molar-refractivity contribution in [1.82, 2.24) is 9.78 Å². The summed E-state index contributed by atoms with van der Waals surface area (Å²) in [7, 11) is 0. The molecule has 0 radical (unpaired) electrons. The summed E-state index contributed by atoms with van der Waals surface area (Å²) < 4.78 is 59.9.